The van der Waals surface area contributed by atoms with Crippen molar-refractivity contribution in [2.24, 2.45) is 11.3 Å². The number of nitrogens with one attached hydrogen (secondary N) is 1. The van der Waals surface area contributed by atoms with E-state index in [2.05, 4.69) is 24.1 Å². The number of amides is 1. The van der Waals surface area contributed by atoms with E-state index in [-0.39, 0.29) is 11.3 Å². The minimum Gasteiger partial charge on any atom is -0.342 e. The molecule has 0 aromatic carbocycles. The molecule has 18 heavy (non-hydrogen) atoms. The minimum absolute atomic E-state index is 0.203. The SMILES string of the molecule is CN(C(=O)C1CCCC1(C)C)C1CCCNCC1. The number of nitrogens with zero attached hydrogens (tertiary/aromatic N) is 1. The summed E-state index contributed by atoms with van der Waals surface area (Å²) in [5.74, 6) is 0.642. The van der Waals surface area contributed by atoms with E-state index < -0.39 is 0 Å². The average Bonchev–Trinajstić information content (AvgIpc) is 2.57. The van der Waals surface area contributed by atoms with Crippen molar-refractivity contribution in [3.8, 4) is 0 Å². The van der Waals surface area contributed by atoms with Crippen LogP contribution >= 0.6 is 0 Å². The van der Waals surface area contributed by atoms with Gasteiger partial charge >= 0.3 is 0 Å². The zero-order valence-electron chi connectivity index (χ0n) is 12.2. The first-order valence-electron chi connectivity index (χ1n) is 7.50. The first-order chi connectivity index (χ1) is 8.52. The fourth-order valence-electron chi connectivity index (χ4n) is 3.60. The highest BCUT2D eigenvalue weighted by Gasteiger charge is 2.41. The molecule has 2 aliphatic rings. The van der Waals surface area contributed by atoms with Gasteiger partial charge in [-0.25, -0.2) is 0 Å². The Hall–Kier alpha value is -0.570. The quantitative estimate of drug-likeness (QED) is 0.818. The van der Waals surface area contributed by atoms with Crippen LogP contribution in [0.5, 0.6) is 0 Å². The number of carbonyl (C=O) groups is 1. The molecule has 2 fully saturated rings. The molecule has 0 bridgehead atoms. The zero-order valence-corrected chi connectivity index (χ0v) is 12.2. The molecule has 1 amide bonds. The smallest absolute Gasteiger partial charge is 0.226 e. The molecular weight excluding hydrogens is 224 g/mol. The Morgan fingerprint density at radius 2 is 1.94 bits per heavy atom. The lowest BCUT2D eigenvalue weighted by atomic mass is 9.81. The second-order valence-electron chi connectivity index (χ2n) is 6.72. The van der Waals surface area contributed by atoms with Crippen LogP contribution in [-0.4, -0.2) is 37.0 Å². The molecule has 0 aromatic rings. The van der Waals surface area contributed by atoms with Gasteiger partial charge in [0, 0.05) is 19.0 Å². The largest absolute Gasteiger partial charge is 0.342 e. The van der Waals surface area contributed by atoms with Gasteiger partial charge in [-0.05, 0) is 50.6 Å². The second-order valence-corrected chi connectivity index (χ2v) is 6.72. The van der Waals surface area contributed by atoms with E-state index in [1.807, 2.05) is 7.05 Å². The van der Waals surface area contributed by atoms with E-state index in [1.54, 1.807) is 0 Å². The van der Waals surface area contributed by atoms with Crippen molar-refractivity contribution in [3.05, 3.63) is 0 Å². The van der Waals surface area contributed by atoms with Crippen LogP contribution in [0.25, 0.3) is 0 Å². The van der Waals surface area contributed by atoms with Crippen LogP contribution in [-0.2, 0) is 4.79 Å². The Morgan fingerprint density at radius 1 is 1.17 bits per heavy atom. The Morgan fingerprint density at radius 3 is 2.61 bits per heavy atom. The number of rotatable bonds is 2. The highest BCUT2D eigenvalue weighted by Crippen LogP contribution is 2.43. The summed E-state index contributed by atoms with van der Waals surface area (Å²) >= 11 is 0. The molecule has 1 saturated heterocycles. The second kappa shape index (κ2) is 5.60. The maximum absolute atomic E-state index is 12.7. The topological polar surface area (TPSA) is 32.3 Å². The van der Waals surface area contributed by atoms with Gasteiger partial charge in [0.05, 0.1) is 0 Å². The van der Waals surface area contributed by atoms with E-state index in [4.69, 9.17) is 0 Å². The predicted molar refractivity (Wildman–Crippen MR) is 74.4 cm³/mol. The average molecular weight is 252 g/mol. The molecular formula is C15H28N2O. The molecule has 1 aliphatic heterocycles. The predicted octanol–water partition coefficient (Wildman–Crippen LogP) is 2.41. The van der Waals surface area contributed by atoms with Gasteiger partial charge in [-0.15, -0.1) is 0 Å². The molecule has 3 heteroatoms. The van der Waals surface area contributed by atoms with Crippen molar-refractivity contribution >= 4 is 5.91 Å². The Balaban J connectivity index is 1.99. The molecule has 0 spiro atoms. The first-order valence-corrected chi connectivity index (χ1v) is 7.50. The van der Waals surface area contributed by atoms with Gasteiger partial charge in [0.2, 0.25) is 5.91 Å². The third-order valence-corrected chi connectivity index (χ3v) is 5.00. The summed E-state index contributed by atoms with van der Waals surface area (Å²) in [6.45, 7) is 6.67. The minimum atomic E-state index is 0.203. The van der Waals surface area contributed by atoms with Crippen molar-refractivity contribution < 1.29 is 4.79 Å². The van der Waals surface area contributed by atoms with Crippen LogP contribution < -0.4 is 5.32 Å². The monoisotopic (exact) mass is 252 g/mol. The number of hydrogen-bond donors (Lipinski definition) is 1. The third-order valence-electron chi connectivity index (χ3n) is 5.00. The summed E-state index contributed by atoms with van der Waals surface area (Å²) in [7, 11) is 2.02. The fraction of sp³-hybridized carbons (Fsp3) is 0.933. The van der Waals surface area contributed by atoms with E-state index in [1.165, 1.54) is 19.3 Å². The fourth-order valence-corrected chi connectivity index (χ4v) is 3.60. The molecule has 1 aliphatic carbocycles. The maximum Gasteiger partial charge on any atom is 0.226 e. The van der Waals surface area contributed by atoms with Crippen molar-refractivity contribution in [2.75, 3.05) is 20.1 Å². The first kappa shape index (κ1) is 13.9. The van der Waals surface area contributed by atoms with Crippen molar-refractivity contribution in [1.82, 2.24) is 10.2 Å². The van der Waals surface area contributed by atoms with Crippen molar-refractivity contribution in [1.29, 1.82) is 0 Å². The van der Waals surface area contributed by atoms with E-state index in [9.17, 15) is 4.79 Å². The zero-order chi connectivity index (χ0) is 13.2. The van der Waals surface area contributed by atoms with Crippen LogP contribution in [0.15, 0.2) is 0 Å². The van der Waals surface area contributed by atoms with Gasteiger partial charge in [-0.2, -0.15) is 0 Å². The van der Waals surface area contributed by atoms with Gasteiger partial charge < -0.3 is 10.2 Å². The van der Waals surface area contributed by atoms with Crippen LogP contribution in [0.2, 0.25) is 0 Å². The Bertz CT molecular complexity index is 293. The highest BCUT2D eigenvalue weighted by molar-refractivity contribution is 5.80. The lowest BCUT2D eigenvalue weighted by Crippen LogP contribution is -2.43. The third kappa shape index (κ3) is 2.87. The van der Waals surface area contributed by atoms with Gasteiger partial charge in [0.1, 0.15) is 0 Å². The molecule has 3 nitrogen and oxygen atoms in total. The molecule has 0 radical (unpaired) electrons. The lowest BCUT2D eigenvalue weighted by Gasteiger charge is -2.34. The van der Waals surface area contributed by atoms with Crippen LogP contribution in [0.4, 0.5) is 0 Å². The molecule has 1 heterocycles. The van der Waals surface area contributed by atoms with E-state index in [0.29, 0.717) is 11.9 Å². The van der Waals surface area contributed by atoms with Gasteiger partial charge in [-0.3, -0.25) is 4.79 Å². The van der Waals surface area contributed by atoms with Crippen LogP contribution in [0.1, 0.15) is 52.4 Å². The maximum atomic E-state index is 12.7. The summed E-state index contributed by atoms with van der Waals surface area (Å²) in [4.78, 5) is 14.7. The molecule has 104 valence electrons. The highest BCUT2D eigenvalue weighted by atomic mass is 16.2. The van der Waals surface area contributed by atoms with Gasteiger partial charge in [0.25, 0.3) is 0 Å². The molecule has 0 aromatic heterocycles. The van der Waals surface area contributed by atoms with Crippen LogP contribution in [0.3, 0.4) is 0 Å². The molecule has 2 atom stereocenters. The van der Waals surface area contributed by atoms with Crippen molar-refractivity contribution in [3.63, 3.8) is 0 Å². The number of hydrogen-bond acceptors (Lipinski definition) is 2. The van der Waals surface area contributed by atoms with Crippen molar-refractivity contribution in [2.45, 2.75) is 58.4 Å². The van der Waals surface area contributed by atoms with Gasteiger partial charge in [0.15, 0.2) is 0 Å². The molecule has 1 N–H and O–H groups in total. The van der Waals surface area contributed by atoms with E-state index in [0.717, 1.165) is 32.4 Å². The Kier molecular flexibility index (Phi) is 4.31. The van der Waals surface area contributed by atoms with Crippen LogP contribution in [0, 0.1) is 11.3 Å². The summed E-state index contributed by atoms with van der Waals surface area (Å²) in [5.41, 5.74) is 0.203. The molecule has 1 saturated carbocycles. The van der Waals surface area contributed by atoms with E-state index >= 15 is 0 Å². The normalized spacial score (nSPS) is 31.9. The molecule has 2 rings (SSSR count). The standard InChI is InChI=1S/C15H28N2O/c1-15(2)9-4-7-13(15)14(18)17(3)12-6-5-10-16-11-8-12/h12-13,16H,4-11H2,1-3H3. The summed E-state index contributed by atoms with van der Waals surface area (Å²) in [6, 6.07) is 0.448. The lowest BCUT2D eigenvalue weighted by molar-refractivity contribution is -0.139. The summed E-state index contributed by atoms with van der Waals surface area (Å²) < 4.78 is 0. The number of carbonyl (C=O) groups excluding carboxylic acids is 1. The molecule has 2 unspecified atom stereocenters. The van der Waals surface area contributed by atoms with Gasteiger partial charge in [-0.1, -0.05) is 20.3 Å². The summed E-state index contributed by atoms with van der Waals surface area (Å²) in [5, 5.41) is 3.42. The summed E-state index contributed by atoms with van der Waals surface area (Å²) in [6.07, 6.45) is 6.95. The Labute approximate surface area is 111 Å².